The lowest BCUT2D eigenvalue weighted by Gasteiger charge is -2.22. The largest absolute Gasteiger partial charge is 0.486 e. The van der Waals surface area contributed by atoms with Gasteiger partial charge in [0, 0.05) is 0 Å². The predicted molar refractivity (Wildman–Crippen MR) is 80.7 cm³/mol. The number of hydrogen-bond acceptors (Lipinski definition) is 4. The van der Waals surface area contributed by atoms with Gasteiger partial charge >= 0.3 is 0 Å². The van der Waals surface area contributed by atoms with Gasteiger partial charge in [0.2, 0.25) is 0 Å². The molecule has 0 spiro atoms. The predicted octanol–water partition coefficient (Wildman–Crippen LogP) is 2.91. The molecule has 1 atom stereocenters. The molecule has 1 aliphatic rings. The lowest BCUT2D eigenvalue weighted by Crippen LogP contribution is -2.29. The van der Waals surface area contributed by atoms with Crippen molar-refractivity contribution in [2.75, 3.05) is 13.2 Å². The lowest BCUT2D eigenvalue weighted by molar-refractivity contribution is 0.171. The van der Waals surface area contributed by atoms with Crippen molar-refractivity contribution in [3.05, 3.63) is 57.8 Å². The fourth-order valence-corrected chi connectivity index (χ4v) is 2.71. The molecule has 0 aliphatic carbocycles. The molecular formula is C15H14BrFN2O2. The summed E-state index contributed by atoms with van der Waals surface area (Å²) in [7, 11) is 0. The molecule has 3 N–H and O–H groups in total. The third-order valence-corrected chi connectivity index (χ3v) is 3.95. The van der Waals surface area contributed by atoms with Gasteiger partial charge in [0.05, 0.1) is 10.5 Å². The van der Waals surface area contributed by atoms with Crippen LogP contribution in [0.4, 0.5) is 4.39 Å². The first-order valence-electron chi connectivity index (χ1n) is 6.49. The molecule has 1 unspecified atom stereocenters. The van der Waals surface area contributed by atoms with Gasteiger partial charge in [-0.2, -0.15) is 0 Å². The maximum Gasteiger partial charge on any atom is 0.161 e. The topological polar surface area (TPSA) is 56.5 Å². The van der Waals surface area contributed by atoms with Crippen molar-refractivity contribution in [1.82, 2.24) is 5.43 Å². The Morgan fingerprint density at radius 3 is 2.43 bits per heavy atom. The van der Waals surface area contributed by atoms with E-state index < -0.39 is 0 Å². The van der Waals surface area contributed by atoms with Crippen molar-refractivity contribution in [2.24, 2.45) is 5.84 Å². The van der Waals surface area contributed by atoms with Crippen LogP contribution in [0.1, 0.15) is 17.2 Å². The van der Waals surface area contributed by atoms with E-state index in [1.165, 1.54) is 6.07 Å². The van der Waals surface area contributed by atoms with Crippen LogP contribution in [0.2, 0.25) is 0 Å². The molecule has 3 rings (SSSR count). The number of fused-ring (bicyclic) bond motifs is 1. The van der Waals surface area contributed by atoms with Gasteiger partial charge in [-0.25, -0.2) is 9.82 Å². The van der Waals surface area contributed by atoms with Gasteiger partial charge in [-0.15, -0.1) is 0 Å². The Bertz CT molecular complexity index is 666. The summed E-state index contributed by atoms with van der Waals surface area (Å²) in [6.07, 6.45) is 0. The summed E-state index contributed by atoms with van der Waals surface area (Å²) in [6.45, 7) is 1.08. The molecule has 0 amide bonds. The Kier molecular flexibility index (Phi) is 4.10. The molecule has 21 heavy (non-hydrogen) atoms. The standard InChI is InChI=1S/C15H14BrFN2O2/c16-11-7-9(1-3-12(11)17)15(19-18)10-2-4-13-14(8-10)21-6-5-20-13/h1-4,7-8,15,19H,5-6,18H2. The Morgan fingerprint density at radius 1 is 1.05 bits per heavy atom. The number of nitrogens with one attached hydrogen (secondary N) is 1. The minimum Gasteiger partial charge on any atom is -0.486 e. The molecule has 6 heteroatoms. The number of nitrogens with two attached hydrogens (primary N) is 1. The number of ether oxygens (including phenoxy) is 2. The highest BCUT2D eigenvalue weighted by Gasteiger charge is 2.18. The van der Waals surface area contributed by atoms with Crippen molar-refractivity contribution < 1.29 is 13.9 Å². The van der Waals surface area contributed by atoms with Crippen molar-refractivity contribution in [3.63, 3.8) is 0 Å². The fraction of sp³-hybridized carbons (Fsp3) is 0.200. The van der Waals surface area contributed by atoms with Crippen molar-refractivity contribution in [1.29, 1.82) is 0 Å². The zero-order valence-corrected chi connectivity index (χ0v) is 12.7. The van der Waals surface area contributed by atoms with Crippen LogP contribution in [-0.4, -0.2) is 13.2 Å². The van der Waals surface area contributed by atoms with E-state index in [1.54, 1.807) is 12.1 Å². The Labute approximate surface area is 130 Å². The maximum atomic E-state index is 13.4. The molecule has 2 aromatic rings. The molecule has 2 aromatic carbocycles. The van der Waals surface area contributed by atoms with E-state index in [0.717, 1.165) is 16.9 Å². The third-order valence-electron chi connectivity index (χ3n) is 3.34. The minimum atomic E-state index is -0.309. The smallest absolute Gasteiger partial charge is 0.161 e. The normalized spacial score (nSPS) is 14.8. The molecule has 0 radical (unpaired) electrons. The van der Waals surface area contributed by atoms with Crippen LogP contribution in [0.5, 0.6) is 11.5 Å². The Hall–Kier alpha value is -1.63. The first-order chi connectivity index (χ1) is 10.2. The van der Waals surface area contributed by atoms with Crippen molar-refractivity contribution >= 4 is 15.9 Å². The zero-order valence-electron chi connectivity index (χ0n) is 11.1. The second-order valence-corrected chi connectivity index (χ2v) is 5.53. The molecule has 1 aliphatic heterocycles. The van der Waals surface area contributed by atoms with Gasteiger partial charge in [-0.3, -0.25) is 5.84 Å². The molecule has 0 bridgehead atoms. The highest BCUT2D eigenvalue weighted by Crippen LogP contribution is 2.34. The highest BCUT2D eigenvalue weighted by atomic mass is 79.9. The molecule has 0 saturated heterocycles. The van der Waals surface area contributed by atoms with Crippen LogP contribution in [0.25, 0.3) is 0 Å². The zero-order chi connectivity index (χ0) is 14.8. The average molecular weight is 353 g/mol. The van der Waals surface area contributed by atoms with Crippen LogP contribution in [0.3, 0.4) is 0 Å². The van der Waals surface area contributed by atoms with Gasteiger partial charge in [-0.05, 0) is 51.3 Å². The monoisotopic (exact) mass is 352 g/mol. The van der Waals surface area contributed by atoms with Gasteiger partial charge in [0.1, 0.15) is 19.0 Å². The average Bonchev–Trinajstić information content (AvgIpc) is 2.51. The molecule has 1 heterocycles. The van der Waals surface area contributed by atoms with Crippen LogP contribution in [-0.2, 0) is 0 Å². The van der Waals surface area contributed by atoms with Crippen molar-refractivity contribution in [3.8, 4) is 11.5 Å². The second-order valence-electron chi connectivity index (χ2n) is 4.68. The van der Waals surface area contributed by atoms with E-state index in [4.69, 9.17) is 15.3 Å². The molecular weight excluding hydrogens is 339 g/mol. The van der Waals surface area contributed by atoms with E-state index in [-0.39, 0.29) is 11.9 Å². The van der Waals surface area contributed by atoms with Crippen LogP contribution < -0.4 is 20.7 Å². The number of hydrazine groups is 1. The minimum absolute atomic E-state index is 0.266. The van der Waals surface area contributed by atoms with Crippen molar-refractivity contribution in [2.45, 2.75) is 6.04 Å². The number of benzene rings is 2. The van der Waals surface area contributed by atoms with Gasteiger partial charge in [0.25, 0.3) is 0 Å². The van der Waals surface area contributed by atoms with Crippen LogP contribution >= 0.6 is 15.9 Å². The Morgan fingerprint density at radius 2 is 1.71 bits per heavy atom. The van der Waals surface area contributed by atoms with E-state index in [1.807, 2.05) is 18.2 Å². The number of hydrogen-bond donors (Lipinski definition) is 2. The second kappa shape index (κ2) is 6.01. The Balaban J connectivity index is 1.97. The number of rotatable bonds is 3. The summed E-state index contributed by atoms with van der Waals surface area (Å²) in [5.74, 6) is 6.78. The molecule has 0 aromatic heterocycles. The van der Waals surface area contributed by atoms with Gasteiger partial charge in [0.15, 0.2) is 11.5 Å². The summed E-state index contributed by atoms with van der Waals surface area (Å²) in [4.78, 5) is 0. The summed E-state index contributed by atoms with van der Waals surface area (Å²) < 4.78 is 24.8. The quantitative estimate of drug-likeness (QED) is 0.658. The first kappa shape index (κ1) is 14.3. The first-order valence-corrected chi connectivity index (χ1v) is 7.29. The summed E-state index contributed by atoms with van der Waals surface area (Å²) in [6, 6.07) is 10.2. The van der Waals surface area contributed by atoms with Gasteiger partial charge < -0.3 is 9.47 Å². The molecule has 110 valence electrons. The van der Waals surface area contributed by atoms with E-state index in [9.17, 15) is 4.39 Å². The summed E-state index contributed by atoms with van der Waals surface area (Å²) in [5, 5.41) is 0. The molecule has 4 nitrogen and oxygen atoms in total. The van der Waals surface area contributed by atoms with Crippen LogP contribution in [0.15, 0.2) is 40.9 Å². The SMILES string of the molecule is NNC(c1ccc(F)c(Br)c1)c1ccc2c(c1)OCCO2. The van der Waals surface area contributed by atoms with E-state index >= 15 is 0 Å². The summed E-state index contributed by atoms with van der Waals surface area (Å²) >= 11 is 3.19. The molecule has 0 fully saturated rings. The lowest BCUT2D eigenvalue weighted by atomic mass is 9.99. The maximum absolute atomic E-state index is 13.4. The number of halogens is 2. The fourth-order valence-electron chi connectivity index (χ4n) is 2.32. The molecule has 0 saturated carbocycles. The van der Waals surface area contributed by atoms with Crippen LogP contribution in [0, 0.1) is 5.82 Å². The summed E-state index contributed by atoms with van der Waals surface area (Å²) in [5.41, 5.74) is 4.51. The third kappa shape index (κ3) is 2.88. The van der Waals surface area contributed by atoms with E-state index in [2.05, 4.69) is 21.4 Å². The van der Waals surface area contributed by atoms with E-state index in [0.29, 0.717) is 23.4 Å². The van der Waals surface area contributed by atoms with Gasteiger partial charge in [-0.1, -0.05) is 12.1 Å². The highest BCUT2D eigenvalue weighted by molar-refractivity contribution is 9.10.